The van der Waals surface area contributed by atoms with Crippen LogP contribution in [0.3, 0.4) is 0 Å². The molecular weight excluding hydrogens is 200 g/mol. The van der Waals surface area contributed by atoms with E-state index in [9.17, 15) is 9.59 Å². The molecule has 1 atom stereocenters. The van der Waals surface area contributed by atoms with E-state index >= 15 is 0 Å². The molecule has 1 saturated carbocycles. The maximum Gasteiger partial charge on any atom is 0.182 e. The maximum absolute atomic E-state index is 11.9. The Morgan fingerprint density at radius 2 is 1.75 bits per heavy atom. The van der Waals surface area contributed by atoms with Crippen LogP contribution in [0.15, 0.2) is 23.8 Å². The van der Waals surface area contributed by atoms with Gasteiger partial charge in [-0.15, -0.1) is 0 Å². The van der Waals surface area contributed by atoms with Gasteiger partial charge in [0.15, 0.2) is 11.6 Å². The van der Waals surface area contributed by atoms with E-state index in [0.717, 1.165) is 19.3 Å². The van der Waals surface area contributed by atoms with E-state index in [1.807, 2.05) is 0 Å². The number of ketones is 2. The molecule has 2 aliphatic rings. The average molecular weight is 218 g/mol. The van der Waals surface area contributed by atoms with E-state index in [2.05, 4.69) is 20.8 Å². The third-order valence-corrected chi connectivity index (χ3v) is 4.52. The fourth-order valence-electron chi connectivity index (χ4n) is 2.94. The van der Waals surface area contributed by atoms with Crippen LogP contribution in [0.4, 0.5) is 0 Å². The quantitative estimate of drug-likeness (QED) is 0.634. The minimum Gasteiger partial charge on any atom is -0.290 e. The summed E-state index contributed by atoms with van der Waals surface area (Å²) in [6.45, 7) is 6.50. The largest absolute Gasteiger partial charge is 0.290 e. The van der Waals surface area contributed by atoms with Crippen molar-refractivity contribution in [1.82, 2.24) is 0 Å². The molecule has 0 amide bonds. The van der Waals surface area contributed by atoms with Gasteiger partial charge in [-0.2, -0.15) is 0 Å². The number of hydrogen-bond acceptors (Lipinski definition) is 2. The van der Waals surface area contributed by atoms with Gasteiger partial charge in [0.2, 0.25) is 0 Å². The van der Waals surface area contributed by atoms with Crippen molar-refractivity contribution in [3.63, 3.8) is 0 Å². The molecule has 0 saturated heterocycles. The number of rotatable bonds is 1. The smallest absolute Gasteiger partial charge is 0.182 e. The topological polar surface area (TPSA) is 34.1 Å². The minimum atomic E-state index is -0.148. The van der Waals surface area contributed by atoms with Gasteiger partial charge in [-0.25, -0.2) is 0 Å². The lowest BCUT2D eigenvalue weighted by Gasteiger charge is -2.40. The first kappa shape index (κ1) is 11.3. The van der Waals surface area contributed by atoms with Gasteiger partial charge in [-0.05, 0) is 36.5 Å². The summed E-state index contributed by atoms with van der Waals surface area (Å²) in [5, 5.41) is 0. The molecule has 0 bridgehead atoms. The Kier molecular flexibility index (Phi) is 2.41. The molecule has 86 valence electrons. The molecule has 0 aromatic carbocycles. The summed E-state index contributed by atoms with van der Waals surface area (Å²) in [5.41, 5.74) is 0.660. The number of hydrogen-bond donors (Lipinski definition) is 0. The summed E-state index contributed by atoms with van der Waals surface area (Å²) in [5.74, 6) is -0.0457. The first-order chi connectivity index (χ1) is 7.37. The van der Waals surface area contributed by atoms with E-state index in [1.54, 1.807) is 0 Å². The maximum atomic E-state index is 11.9. The third kappa shape index (κ3) is 1.48. The molecule has 1 fully saturated rings. The standard InChI is InChI=1S/C14H18O2/c1-13(2)7-4-8-14(13,3)11-9-10(15)5-6-12(11)16/h5-6,9H,4,7-8H2,1-3H3/t14-/m1/s1. The van der Waals surface area contributed by atoms with Crippen molar-refractivity contribution in [3.05, 3.63) is 23.8 Å². The molecule has 0 aromatic heterocycles. The zero-order valence-electron chi connectivity index (χ0n) is 10.2. The van der Waals surface area contributed by atoms with Crippen LogP contribution >= 0.6 is 0 Å². The Labute approximate surface area is 96.4 Å². The first-order valence-electron chi connectivity index (χ1n) is 5.85. The lowest BCUT2D eigenvalue weighted by Crippen LogP contribution is -2.35. The Balaban J connectivity index is 2.45. The fourth-order valence-corrected chi connectivity index (χ4v) is 2.94. The van der Waals surface area contributed by atoms with Gasteiger partial charge in [-0.3, -0.25) is 9.59 Å². The Bertz CT molecular complexity index is 412. The molecule has 0 aromatic rings. The molecule has 2 aliphatic carbocycles. The summed E-state index contributed by atoms with van der Waals surface area (Å²) in [6.07, 6.45) is 7.56. The fraction of sp³-hybridized carbons (Fsp3) is 0.571. The second kappa shape index (κ2) is 3.41. The van der Waals surface area contributed by atoms with Crippen molar-refractivity contribution < 1.29 is 9.59 Å². The summed E-state index contributed by atoms with van der Waals surface area (Å²) in [4.78, 5) is 23.3. The molecule has 2 nitrogen and oxygen atoms in total. The monoisotopic (exact) mass is 218 g/mol. The van der Waals surface area contributed by atoms with Gasteiger partial charge in [0.05, 0.1) is 0 Å². The number of carbonyl (C=O) groups excluding carboxylic acids is 2. The highest BCUT2D eigenvalue weighted by atomic mass is 16.1. The highest BCUT2D eigenvalue weighted by Gasteiger charge is 2.49. The van der Waals surface area contributed by atoms with Crippen molar-refractivity contribution in [2.75, 3.05) is 0 Å². The highest BCUT2D eigenvalue weighted by molar-refractivity contribution is 6.17. The van der Waals surface area contributed by atoms with Crippen LogP contribution in [0.25, 0.3) is 0 Å². The van der Waals surface area contributed by atoms with Crippen molar-refractivity contribution in [1.29, 1.82) is 0 Å². The van der Waals surface area contributed by atoms with Crippen LogP contribution < -0.4 is 0 Å². The predicted molar refractivity (Wildman–Crippen MR) is 63.0 cm³/mol. The van der Waals surface area contributed by atoms with Gasteiger partial charge in [0.25, 0.3) is 0 Å². The molecular formula is C14H18O2. The zero-order chi connectivity index (χ0) is 12.0. The van der Waals surface area contributed by atoms with Crippen molar-refractivity contribution in [2.45, 2.75) is 40.0 Å². The van der Waals surface area contributed by atoms with Gasteiger partial charge in [0, 0.05) is 11.0 Å². The minimum absolute atomic E-state index is 0.0112. The number of carbonyl (C=O) groups is 2. The second-order valence-corrected chi connectivity index (χ2v) is 5.73. The second-order valence-electron chi connectivity index (χ2n) is 5.73. The van der Waals surface area contributed by atoms with Gasteiger partial charge in [0.1, 0.15) is 0 Å². The molecule has 2 heteroatoms. The van der Waals surface area contributed by atoms with Crippen LogP contribution in [0.2, 0.25) is 0 Å². The van der Waals surface area contributed by atoms with E-state index in [1.165, 1.54) is 18.2 Å². The first-order valence-corrected chi connectivity index (χ1v) is 5.85. The molecule has 0 heterocycles. The highest BCUT2D eigenvalue weighted by Crippen LogP contribution is 2.56. The number of allylic oxidation sites excluding steroid dienone is 4. The Morgan fingerprint density at radius 3 is 2.31 bits per heavy atom. The van der Waals surface area contributed by atoms with Crippen LogP contribution in [0.5, 0.6) is 0 Å². The molecule has 0 spiro atoms. The van der Waals surface area contributed by atoms with Gasteiger partial charge >= 0.3 is 0 Å². The molecule has 2 rings (SSSR count). The van der Waals surface area contributed by atoms with Crippen LogP contribution in [-0.4, -0.2) is 11.6 Å². The van der Waals surface area contributed by atoms with Gasteiger partial charge in [-0.1, -0.05) is 27.2 Å². The van der Waals surface area contributed by atoms with E-state index < -0.39 is 0 Å². The summed E-state index contributed by atoms with van der Waals surface area (Å²) in [7, 11) is 0. The predicted octanol–water partition coefficient (Wildman–Crippen LogP) is 2.84. The molecule has 0 aliphatic heterocycles. The molecule has 0 radical (unpaired) electrons. The Hall–Kier alpha value is -1.18. The van der Waals surface area contributed by atoms with Crippen LogP contribution in [-0.2, 0) is 9.59 Å². The van der Waals surface area contributed by atoms with Crippen molar-refractivity contribution >= 4 is 11.6 Å². The Morgan fingerprint density at radius 1 is 1.06 bits per heavy atom. The summed E-state index contributed by atoms with van der Waals surface area (Å²) < 4.78 is 0. The SMILES string of the molecule is CC1(C)CCC[C@]1(C)C1=CC(=O)C=CC1=O. The summed E-state index contributed by atoms with van der Waals surface area (Å²) >= 11 is 0. The lowest BCUT2D eigenvalue weighted by atomic mass is 9.63. The molecule has 16 heavy (non-hydrogen) atoms. The lowest BCUT2D eigenvalue weighted by molar-refractivity contribution is -0.115. The third-order valence-electron chi connectivity index (χ3n) is 4.52. The van der Waals surface area contributed by atoms with E-state index in [4.69, 9.17) is 0 Å². The zero-order valence-corrected chi connectivity index (χ0v) is 10.2. The van der Waals surface area contributed by atoms with Crippen molar-refractivity contribution in [2.24, 2.45) is 10.8 Å². The molecule has 0 N–H and O–H groups in total. The van der Waals surface area contributed by atoms with Crippen LogP contribution in [0, 0.1) is 10.8 Å². The van der Waals surface area contributed by atoms with Crippen LogP contribution in [0.1, 0.15) is 40.0 Å². The van der Waals surface area contributed by atoms with E-state index in [0.29, 0.717) is 5.57 Å². The average Bonchev–Trinajstić information content (AvgIpc) is 2.46. The van der Waals surface area contributed by atoms with E-state index in [-0.39, 0.29) is 22.4 Å². The molecule has 0 unspecified atom stereocenters. The summed E-state index contributed by atoms with van der Waals surface area (Å²) in [6, 6.07) is 0. The van der Waals surface area contributed by atoms with Crippen molar-refractivity contribution in [3.8, 4) is 0 Å². The normalized spacial score (nSPS) is 33.1. The van der Waals surface area contributed by atoms with Gasteiger partial charge < -0.3 is 0 Å².